The standard InChI is InChI=1S/C4H10N2O2.ClH/c1-8-4(7)6-3-2-5;/h2-3,5H2,1H3,(H,6,7);1H. The molecule has 0 aromatic rings. The number of carbonyl (C=O) groups is 1. The zero-order valence-electron chi connectivity index (χ0n) is 5.22. The van der Waals surface area contributed by atoms with Crippen LogP contribution in [0.2, 0.25) is 0 Å². The van der Waals surface area contributed by atoms with Crippen molar-refractivity contribution >= 4 is 18.5 Å². The molecule has 3 N–H and O–H groups in total. The van der Waals surface area contributed by atoms with Crippen molar-refractivity contribution in [1.29, 1.82) is 0 Å². The minimum Gasteiger partial charge on any atom is -0.453 e. The zero-order chi connectivity index (χ0) is 6.41. The van der Waals surface area contributed by atoms with E-state index in [0.717, 1.165) is 0 Å². The molecule has 0 radical (unpaired) electrons. The second kappa shape index (κ2) is 7.52. The van der Waals surface area contributed by atoms with Crippen molar-refractivity contribution in [2.24, 2.45) is 5.73 Å². The van der Waals surface area contributed by atoms with Gasteiger partial charge in [-0.05, 0) is 0 Å². The van der Waals surface area contributed by atoms with Crippen LogP contribution in [-0.4, -0.2) is 26.3 Å². The van der Waals surface area contributed by atoms with Crippen LogP contribution in [0.15, 0.2) is 0 Å². The van der Waals surface area contributed by atoms with Crippen molar-refractivity contribution < 1.29 is 9.53 Å². The fraction of sp³-hybridized carbons (Fsp3) is 0.750. The van der Waals surface area contributed by atoms with Crippen LogP contribution in [0.3, 0.4) is 0 Å². The average Bonchev–Trinajstić information content (AvgIpc) is 1.83. The minimum atomic E-state index is -0.435. The monoisotopic (exact) mass is 154 g/mol. The molecule has 0 atom stereocenters. The fourth-order valence-electron chi connectivity index (χ4n) is 0.246. The Labute approximate surface area is 60.2 Å². The molecule has 0 unspecified atom stereocenters. The van der Waals surface area contributed by atoms with Crippen LogP contribution in [0.5, 0.6) is 0 Å². The molecule has 9 heavy (non-hydrogen) atoms. The van der Waals surface area contributed by atoms with E-state index in [-0.39, 0.29) is 12.4 Å². The first kappa shape index (κ1) is 11.3. The highest BCUT2D eigenvalue weighted by Gasteiger charge is 1.91. The molecule has 56 valence electrons. The highest BCUT2D eigenvalue weighted by atomic mass is 35.5. The summed E-state index contributed by atoms with van der Waals surface area (Å²) in [6.07, 6.45) is -0.435. The SMILES string of the molecule is COC(=O)NCCN.Cl. The van der Waals surface area contributed by atoms with Gasteiger partial charge in [-0.2, -0.15) is 0 Å². The molecule has 0 saturated heterocycles. The van der Waals surface area contributed by atoms with Gasteiger partial charge in [0, 0.05) is 13.1 Å². The number of halogens is 1. The predicted octanol–water partition coefficient (Wildman–Crippen LogP) is -0.277. The van der Waals surface area contributed by atoms with Crippen LogP contribution in [-0.2, 0) is 4.74 Å². The van der Waals surface area contributed by atoms with Crippen LogP contribution >= 0.6 is 12.4 Å². The third-order valence-corrected chi connectivity index (χ3v) is 0.599. The van der Waals surface area contributed by atoms with Gasteiger partial charge in [-0.25, -0.2) is 4.79 Å². The van der Waals surface area contributed by atoms with Gasteiger partial charge in [0.05, 0.1) is 7.11 Å². The largest absolute Gasteiger partial charge is 0.453 e. The number of carbonyl (C=O) groups excluding carboxylic acids is 1. The molecular weight excluding hydrogens is 144 g/mol. The maximum Gasteiger partial charge on any atom is 0.406 e. The first-order valence-electron chi connectivity index (χ1n) is 2.33. The Bertz CT molecular complexity index is 79.0. The lowest BCUT2D eigenvalue weighted by Gasteiger charge is -1.98. The molecule has 0 heterocycles. The summed E-state index contributed by atoms with van der Waals surface area (Å²) in [5.74, 6) is 0. The van der Waals surface area contributed by atoms with E-state index >= 15 is 0 Å². The van der Waals surface area contributed by atoms with E-state index in [9.17, 15) is 4.79 Å². The Balaban J connectivity index is 0. The van der Waals surface area contributed by atoms with Crippen molar-refractivity contribution in [1.82, 2.24) is 5.32 Å². The van der Waals surface area contributed by atoms with Crippen LogP contribution in [0.4, 0.5) is 4.79 Å². The molecule has 0 spiro atoms. The molecule has 0 rings (SSSR count). The van der Waals surface area contributed by atoms with Crippen LogP contribution in [0.1, 0.15) is 0 Å². The number of alkyl carbamates (subject to hydrolysis) is 1. The Hall–Kier alpha value is -0.480. The molecule has 0 saturated carbocycles. The number of methoxy groups -OCH3 is 1. The Morgan fingerprint density at radius 1 is 1.78 bits per heavy atom. The Morgan fingerprint density at radius 3 is 2.67 bits per heavy atom. The van der Waals surface area contributed by atoms with Gasteiger partial charge in [0.25, 0.3) is 0 Å². The molecule has 5 heteroatoms. The highest BCUT2D eigenvalue weighted by Crippen LogP contribution is 1.66. The van der Waals surface area contributed by atoms with Crippen LogP contribution < -0.4 is 11.1 Å². The Morgan fingerprint density at radius 2 is 2.33 bits per heavy atom. The lowest BCUT2D eigenvalue weighted by molar-refractivity contribution is 0.171. The average molecular weight is 155 g/mol. The minimum absolute atomic E-state index is 0. The number of amides is 1. The fourth-order valence-corrected chi connectivity index (χ4v) is 0.246. The smallest absolute Gasteiger partial charge is 0.406 e. The van der Waals surface area contributed by atoms with Gasteiger partial charge in [-0.1, -0.05) is 0 Å². The van der Waals surface area contributed by atoms with Gasteiger partial charge < -0.3 is 15.8 Å². The van der Waals surface area contributed by atoms with E-state index < -0.39 is 6.09 Å². The quantitative estimate of drug-likeness (QED) is 0.575. The van der Waals surface area contributed by atoms with Crippen molar-refractivity contribution in [3.8, 4) is 0 Å². The lowest BCUT2D eigenvalue weighted by Crippen LogP contribution is -2.28. The highest BCUT2D eigenvalue weighted by molar-refractivity contribution is 5.85. The third-order valence-electron chi connectivity index (χ3n) is 0.599. The van der Waals surface area contributed by atoms with E-state index in [1.807, 2.05) is 0 Å². The maximum absolute atomic E-state index is 10.2. The number of hydrogen-bond donors (Lipinski definition) is 2. The normalized spacial score (nSPS) is 7.33. The first-order valence-corrected chi connectivity index (χ1v) is 2.33. The summed E-state index contributed by atoms with van der Waals surface area (Å²) in [6, 6.07) is 0. The summed E-state index contributed by atoms with van der Waals surface area (Å²) in [6.45, 7) is 0.905. The molecule has 4 nitrogen and oxygen atoms in total. The molecule has 0 aromatic carbocycles. The van der Waals surface area contributed by atoms with Crippen molar-refractivity contribution in [3.05, 3.63) is 0 Å². The molecule has 0 bridgehead atoms. The summed E-state index contributed by atoms with van der Waals surface area (Å²) < 4.78 is 4.25. The van der Waals surface area contributed by atoms with Gasteiger partial charge in [-0.3, -0.25) is 0 Å². The molecule has 0 aliphatic rings. The second-order valence-electron chi connectivity index (χ2n) is 1.21. The molecule has 0 aliphatic carbocycles. The third kappa shape index (κ3) is 7.52. The van der Waals surface area contributed by atoms with E-state index in [2.05, 4.69) is 10.1 Å². The summed E-state index contributed by atoms with van der Waals surface area (Å²) >= 11 is 0. The molecule has 0 aliphatic heterocycles. The number of rotatable bonds is 2. The second-order valence-corrected chi connectivity index (χ2v) is 1.21. The molecular formula is C4H11ClN2O2. The number of hydrogen-bond acceptors (Lipinski definition) is 3. The number of nitrogens with two attached hydrogens (primary N) is 1. The maximum atomic E-state index is 10.2. The van der Waals surface area contributed by atoms with Crippen LogP contribution in [0, 0.1) is 0 Å². The molecule has 1 amide bonds. The first-order chi connectivity index (χ1) is 3.81. The summed E-state index contributed by atoms with van der Waals surface area (Å²) in [5, 5.41) is 2.40. The number of ether oxygens (including phenoxy) is 1. The summed E-state index contributed by atoms with van der Waals surface area (Å²) in [5.41, 5.74) is 5.06. The zero-order valence-corrected chi connectivity index (χ0v) is 6.03. The lowest BCUT2D eigenvalue weighted by atomic mass is 10.7. The number of nitrogens with one attached hydrogen (secondary N) is 1. The molecule has 0 aromatic heterocycles. The van der Waals surface area contributed by atoms with E-state index in [0.29, 0.717) is 13.1 Å². The van der Waals surface area contributed by atoms with Crippen molar-refractivity contribution in [2.75, 3.05) is 20.2 Å². The van der Waals surface area contributed by atoms with Gasteiger partial charge >= 0.3 is 6.09 Å². The van der Waals surface area contributed by atoms with Gasteiger partial charge in [0.15, 0.2) is 0 Å². The van der Waals surface area contributed by atoms with E-state index in [1.165, 1.54) is 7.11 Å². The van der Waals surface area contributed by atoms with Crippen LogP contribution in [0.25, 0.3) is 0 Å². The van der Waals surface area contributed by atoms with Crippen molar-refractivity contribution in [2.45, 2.75) is 0 Å². The predicted molar refractivity (Wildman–Crippen MR) is 36.7 cm³/mol. The van der Waals surface area contributed by atoms with Gasteiger partial charge in [-0.15, -0.1) is 12.4 Å². The topological polar surface area (TPSA) is 64.3 Å². The van der Waals surface area contributed by atoms with Gasteiger partial charge in [0.1, 0.15) is 0 Å². The summed E-state index contributed by atoms with van der Waals surface area (Å²) in [4.78, 5) is 10.2. The summed E-state index contributed by atoms with van der Waals surface area (Å²) in [7, 11) is 1.31. The Kier molecular flexibility index (Phi) is 9.47. The van der Waals surface area contributed by atoms with E-state index in [4.69, 9.17) is 5.73 Å². The van der Waals surface area contributed by atoms with Gasteiger partial charge in [0.2, 0.25) is 0 Å². The van der Waals surface area contributed by atoms with E-state index in [1.54, 1.807) is 0 Å². The van der Waals surface area contributed by atoms with Crippen molar-refractivity contribution in [3.63, 3.8) is 0 Å². The molecule has 0 fully saturated rings.